The van der Waals surface area contributed by atoms with E-state index >= 15 is 0 Å². The van der Waals surface area contributed by atoms with E-state index in [1.807, 2.05) is 0 Å². The van der Waals surface area contributed by atoms with Crippen LogP contribution in [0.5, 0.6) is 0 Å². The topological polar surface area (TPSA) is 9.23 Å². The number of benzene rings is 1. The van der Waals surface area contributed by atoms with Crippen molar-refractivity contribution in [1.82, 2.24) is 0 Å². The van der Waals surface area contributed by atoms with Gasteiger partial charge in [-0.25, -0.2) is 0 Å². The Kier molecular flexibility index (Phi) is 9.11. The summed E-state index contributed by atoms with van der Waals surface area (Å²) in [5.41, 5.74) is 6.20. The normalized spacial score (nSPS) is 18.2. The van der Waals surface area contributed by atoms with Crippen molar-refractivity contribution in [2.45, 2.75) is 43.0 Å². The van der Waals surface area contributed by atoms with E-state index in [0.717, 1.165) is 16.7 Å². The number of allylic oxidation sites excluding steroid dienone is 4. The van der Waals surface area contributed by atoms with Crippen LogP contribution in [0.3, 0.4) is 0 Å². The van der Waals surface area contributed by atoms with Crippen LogP contribution in [0.15, 0.2) is 50.8 Å². The molecular formula is C20H26Cl2OSiZr. The van der Waals surface area contributed by atoms with Gasteiger partial charge in [-0.2, -0.15) is 0 Å². The van der Waals surface area contributed by atoms with Gasteiger partial charge in [-0.3, -0.25) is 0 Å². The van der Waals surface area contributed by atoms with Crippen LogP contribution < -0.4 is 24.8 Å². The smallest absolute Gasteiger partial charge is 1.00 e. The SMILES string of the molecule is CC1=Cc2ccccc2[CH]1[Zr+2][C]1=C(CCO[Si](C)(C)C)C=CC1.[Cl-].[Cl-]. The summed E-state index contributed by atoms with van der Waals surface area (Å²) in [5.74, 6) is 0. The number of rotatable bonds is 6. The van der Waals surface area contributed by atoms with Crippen LogP contribution in [0.2, 0.25) is 19.6 Å². The third kappa shape index (κ3) is 6.04. The van der Waals surface area contributed by atoms with Crippen molar-refractivity contribution in [2.24, 2.45) is 0 Å². The van der Waals surface area contributed by atoms with Crippen molar-refractivity contribution in [2.75, 3.05) is 6.61 Å². The zero-order chi connectivity index (χ0) is 16.4. The van der Waals surface area contributed by atoms with Crippen molar-refractivity contribution < 1.29 is 52.5 Å². The zero-order valence-electron chi connectivity index (χ0n) is 15.4. The monoisotopic (exact) mass is 470 g/mol. The standard InChI is InChI=1S/C10H17OSi.C10H9.2ClH.Zr/c1-12(2,3)11-9-8-10-6-4-5-7-10;1-8-6-9-4-2-3-5-10(9)7-8;;;/h4,6H,5,8-9H2,1-3H3;2-7H,1H3;2*1H;/q;;;;+2/p-2. The number of fused-ring (bicyclic) bond motifs is 1. The summed E-state index contributed by atoms with van der Waals surface area (Å²) in [6.45, 7) is 10.0. The van der Waals surface area contributed by atoms with Gasteiger partial charge >= 0.3 is 154 Å². The predicted molar refractivity (Wildman–Crippen MR) is 97.5 cm³/mol. The summed E-state index contributed by atoms with van der Waals surface area (Å²) < 4.78 is 8.58. The van der Waals surface area contributed by atoms with Gasteiger partial charge in [0.1, 0.15) is 0 Å². The molecule has 1 atom stereocenters. The Morgan fingerprint density at radius 1 is 1.16 bits per heavy atom. The first kappa shape index (κ1) is 23.1. The summed E-state index contributed by atoms with van der Waals surface area (Å²) in [7, 11) is -1.39. The van der Waals surface area contributed by atoms with Crippen LogP contribution >= 0.6 is 0 Å². The second-order valence-corrected chi connectivity index (χ2v) is 15.5. The van der Waals surface area contributed by atoms with Gasteiger partial charge in [-0.05, 0) is 0 Å². The molecule has 0 spiro atoms. The average Bonchev–Trinajstić information content (AvgIpc) is 3.04. The van der Waals surface area contributed by atoms with Gasteiger partial charge in [0.25, 0.3) is 0 Å². The largest absolute Gasteiger partial charge is 1.00 e. The van der Waals surface area contributed by atoms with E-state index in [-0.39, 0.29) is 24.8 Å². The number of hydrogen-bond donors (Lipinski definition) is 0. The van der Waals surface area contributed by atoms with Gasteiger partial charge in [0, 0.05) is 0 Å². The summed E-state index contributed by atoms with van der Waals surface area (Å²) >= 11 is -0.624. The molecule has 2 aliphatic rings. The molecule has 0 bridgehead atoms. The predicted octanol–water partition coefficient (Wildman–Crippen LogP) is -0.309. The fourth-order valence-corrected chi connectivity index (χ4v) is 8.16. The van der Waals surface area contributed by atoms with Gasteiger partial charge < -0.3 is 24.8 Å². The number of halogens is 2. The van der Waals surface area contributed by atoms with Gasteiger partial charge in [0.2, 0.25) is 0 Å². The van der Waals surface area contributed by atoms with E-state index in [0.29, 0.717) is 0 Å². The fraction of sp³-hybridized carbons (Fsp3) is 0.400. The molecule has 3 rings (SSSR count). The van der Waals surface area contributed by atoms with Gasteiger partial charge in [0.05, 0.1) is 0 Å². The summed E-state index contributed by atoms with van der Waals surface area (Å²) in [4.78, 5) is 0. The molecule has 0 fully saturated rings. The van der Waals surface area contributed by atoms with Crippen LogP contribution in [0.4, 0.5) is 0 Å². The molecule has 1 aromatic carbocycles. The van der Waals surface area contributed by atoms with Crippen molar-refractivity contribution in [1.29, 1.82) is 0 Å². The second-order valence-electron chi connectivity index (χ2n) is 7.42. The van der Waals surface area contributed by atoms with E-state index in [4.69, 9.17) is 4.43 Å². The number of hydrogen-bond acceptors (Lipinski definition) is 1. The Morgan fingerprint density at radius 2 is 1.88 bits per heavy atom. The fourth-order valence-electron chi connectivity index (χ4n) is 3.25. The second kappa shape index (κ2) is 9.85. The van der Waals surface area contributed by atoms with Crippen molar-refractivity contribution in [3.8, 4) is 0 Å². The molecule has 0 saturated heterocycles. The minimum Gasteiger partial charge on any atom is -1.00 e. The third-order valence-corrected chi connectivity index (χ3v) is 10.2. The molecule has 25 heavy (non-hydrogen) atoms. The first-order valence-electron chi connectivity index (χ1n) is 8.50. The van der Waals surface area contributed by atoms with E-state index in [1.54, 1.807) is 20.0 Å². The van der Waals surface area contributed by atoms with Gasteiger partial charge in [0.15, 0.2) is 0 Å². The van der Waals surface area contributed by atoms with E-state index < -0.39 is 31.6 Å². The van der Waals surface area contributed by atoms with Crippen molar-refractivity contribution >= 4 is 14.4 Å². The molecule has 0 heterocycles. The van der Waals surface area contributed by atoms with Crippen molar-refractivity contribution in [3.05, 3.63) is 62.0 Å². The molecule has 0 radical (unpaired) electrons. The molecule has 0 aromatic heterocycles. The Hall–Kier alpha value is 0.0800. The Morgan fingerprint density at radius 3 is 2.60 bits per heavy atom. The molecule has 1 aromatic rings. The minimum absolute atomic E-state index is 0. The van der Waals surface area contributed by atoms with Crippen LogP contribution in [0.1, 0.15) is 34.5 Å². The molecule has 0 saturated carbocycles. The molecule has 0 aliphatic heterocycles. The molecule has 0 amide bonds. The molecule has 0 N–H and O–H groups in total. The molecule has 134 valence electrons. The van der Waals surface area contributed by atoms with Gasteiger partial charge in [-0.1, -0.05) is 0 Å². The maximum absolute atomic E-state index is 6.07. The van der Waals surface area contributed by atoms with Crippen LogP contribution in [-0.4, -0.2) is 14.9 Å². The average molecular weight is 473 g/mol. The molecule has 1 nitrogen and oxygen atoms in total. The Labute approximate surface area is 177 Å². The quantitative estimate of drug-likeness (QED) is 0.517. The first-order chi connectivity index (χ1) is 10.9. The first-order valence-corrected chi connectivity index (χ1v) is 14.6. The van der Waals surface area contributed by atoms with Crippen molar-refractivity contribution in [3.63, 3.8) is 0 Å². The van der Waals surface area contributed by atoms with Gasteiger partial charge in [-0.15, -0.1) is 0 Å². The molecular weight excluding hydrogens is 446 g/mol. The Balaban J connectivity index is 0.00000156. The zero-order valence-corrected chi connectivity index (χ0v) is 20.4. The minimum atomic E-state index is -1.39. The summed E-state index contributed by atoms with van der Waals surface area (Å²) in [5, 5.41) is 0. The summed E-state index contributed by atoms with van der Waals surface area (Å²) in [6.07, 6.45) is 9.43. The van der Waals surface area contributed by atoms with Crippen LogP contribution in [-0.2, 0) is 27.7 Å². The maximum atomic E-state index is 6.07. The Bertz CT molecular complexity index is 689. The maximum Gasteiger partial charge on any atom is -1.00 e. The molecule has 2 aliphatic carbocycles. The molecule has 5 heteroatoms. The third-order valence-electron chi connectivity index (χ3n) is 4.40. The van der Waals surface area contributed by atoms with E-state index in [9.17, 15) is 0 Å². The molecule has 1 unspecified atom stereocenters. The van der Waals surface area contributed by atoms with Crippen LogP contribution in [0.25, 0.3) is 6.08 Å². The summed E-state index contributed by atoms with van der Waals surface area (Å²) in [6, 6.07) is 8.96. The van der Waals surface area contributed by atoms with E-state index in [1.165, 1.54) is 12.0 Å². The van der Waals surface area contributed by atoms with Crippen LogP contribution in [0, 0.1) is 0 Å². The van der Waals surface area contributed by atoms with E-state index in [2.05, 4.69) is 69.1 Å².